The van der Waals surface area contributed by atoms with Gasteiger partial charge in [-0.25, -0.2) is 4.68 Å². The van der Waals surface area contributed by atoms with Crippen molar-refractivity contribution in [1.82, 2.24) is 15.1 Å². The summed E-state index contributed by atoms with van der Waals surface area (Å²) in [7, 11) is 0. The van der Waals surface area contributed by atoms with E-state index < -0.39 is 0 Å². The highest BCUT2D eigenvalue weighted by atomic mass is 15.3. The monoisotopic (exact) mass is 285 g/mol. The van der Waals surface area contributed by atoms with Crippen molar-refractivity contribution in [2.45, 2.75) is 53.5 Å². The van der Waals surface area contributed by atoms with Gasteiger partial charge in [0.15, 0.2) is 0 Å². The van der Waals surface area contributed by atoms with E-state index in [4.69, 9.17) is 5.10 Å². The molecule has 0 saturated heterocycles. The van der Waals surface area contributed by atoms with Gasteiger partial charge in [0.25, 0.3) is 0 Å². The average molecular weight is 285 g/mol. The number of hydrogen-bond acceptors (Lipinski definition) is 2. The standard InChI is InChI=1S/C18H27N3/c1-5-11-19-13-16-17(6-2)20-21(18(16)7-3)15-10-8-9-14(4)12-15/h8-10,12,19H,5-7,11,13H2,1-4H3. The van der Waals surface area contributed by atoms with Crippen molar-refractivity contribution in [3.63, 3.8) is 0 Å². The maximum absolute atomic E-state index is 4.87. The molecule has 0 aliphatic heterocycles. The molecule has 0 unspecified atom stereocenters. The normalized spacial score (nSPS) is 11.0. The lowest BCUT2D eigenvalue weighted by Gasteiger charge is -2.09. The summed E-state index contributed by atoms with van der Waals surface area (Å²) in [4.78, 5) is 0. The van der Waals surface area contributed by atoms with Gasteiger partial charge in [0.2, 0.25) is 0 Å². The lowest BCUT2D eigenvalue weighted by atomic mass is 10.1. The Balaban J connectivity index is 2.42. The summed E-state index contributed by atoms with van der Waals surface area (Å²) in [5.74, 6) is 0. The molecule has 114 valence electrons. The first-order valence-corrected chi connectivity index (χ1v) is 8.08. The minimum atomic E-state index is 0.923. The number of aryl methyl sites for hydroxylation is 2. The molecular formula is C18H27N3. The van der Waals surface area contributed by atoms with Crippen LogP contribution in [0.4, 0.5) is 0 Å². The molecule has 0 radical (unpaired) electrons. The number of nitrogens with zero attached hydrogens (tertiary/aromatic N) is 2. The van der Waals surface area contributed by atoms with Gasteiger partial charge in [-0.3, -0.25) is 0 Å². The van der Waals surface area contributed by atoms with Crippen molar-refractivity contribution in [2.24, 2.45) is 0 Å². The van der Waals surface area contributed by atoms with Gasteiger partial charge in [-0.15, -0.1) is 0 Å². The molecule has 0 fully saturated rings. The third-order valence-electron chi connectivity index (χ3n) is 3.82. The predicted octanol–water partition coefficient (Wildman–Crippen LogP) is 3.81. The van der Waals surface area contributed by atoms with E-state index in [-0.39, 0.29) is 0 Å². The van der Waals surface area contributed by atoms with Crippen LogP contribution in [0.2, 0.25) is 0 Å². The summed E-state index contributed by atoms with van der Waals surface area (Å²) in [5.41, 5.74) is 6.38. The van der Waals surface area contributed by atoms with Gasteiger partial charge in [-0.05, 0) is 50.4 Å². The van der Waals surface area contributed by atoms with Gasteiger partial charge in [-0.1, -0.05) is 32.9 Å². The number of hydrogen-bond donors (Lipinski definition) is 1. The van der Waals surface area contributed by atoms with E-state index in [1.807, 2.05) is 0 Å². The Bertz CT molecular complexity index is 584. The molecule has 0 amide bonds. The van der Waals surface area contributed by atoms with E-state index in [0.29, 0.717) is 0 Å². The van der Waals surface area contributed by atoms with Gasteiger partial charge in [0.05, 0.1) is 11.4 Å². The summed E-state index contributed by atoms with van der Waals surface area (Å²) in [6.07, 6.45) is 3.15. The molecule has 1 aromatic carbocycles. The quantitative estimate of drug-likeness (QED) is 0.784. The maximum atomic E-state index is 4.87. The summed E-state index contributed by atoms with van der Waals surface area (Å²) in [6, 6.07) is 8.58. The Labute approximate surface area is 128 Å². The van der Waals surface area contributed by atoms with Gasteiger partial charge in [0.1, 0.15) is 0 Å². The summed E-state index contributed by atoms with van der Waals surface area (Å²) >= 11 is 0. The second kappa shape index (κ2) is 7.41. The van der Waals surface area contributed by atoms with Crippen molar-refractivity contribution in [3.8, 4) is 5.69 Å². The zero-order valence-electron chi connectivity index (χ0n) is 13.7. The van der Waals surface area contributed by atoms with Crippen LogP contribution in [0.25, 0.3) is 5.69 Å². The molecule has 0 spiro atoms. The first-order valence-electron chi connectivity index (χ1n) is 8.08. The third-order valence-corrected chi connectivity index (χ3v) is 3.82. The van der Waals surface area contributed by atoms with Crippen molar-refractivity contribution in [3.05, 3.63) is 46.8 Å². The average Bonchev–Trinajstić information content (AvgIpc) is 2.85. The molecule has 21 heavy (non-hydrogen) atoms. The Morgan fingerprint density at radius 3 is 2.57 bits per heavy atom. The van der Waals surface area contributed by atoms with Crippen LogP contribution < -0.4 is 5.32 Å². The predicted molar refractivity (Wildman–Crippen MR) is 89.1 cm³/mol. The molecule has 0 saturated carbocycles. The van der Waals surface area contributed by atoms with E-state index >= 15 is 0 Å². The van der Waals surface area contributed by atoms with Gasteiger partial charge in [-0.2, -0.15) is 5.10 Å². The van der Waals surface area contributed by atoms with E-state index in [1.165, 1.54) is 28.2 Å². The zero-order chi connectivity index (χ0) is 15.2. The van der Waals surface area contributed by atoms with Crippen LogP contribution in [0.1, 0.15) is 49.7 Å². The van der Waals surface area contributed by atoms with Crippen molar-refractivity contribution < 1.29 is 0 Å². The lowest BCUT2D eigenvalue weighted by molar-refractivity contribution is 0.666. The van der Waals surface area contributed by atoms with Gasteiger partial charge in [0, 0.05) is 17.8 Å². The molecule has 2 rings (SSSR count). The molecule has 3 nitrogen and oxygen atoms in total. The van der Waals surface area contributed by atoms with Crippen LogP contribution in [-0.4, -0.2) is 16.3 Å². The maximum Gasteiger partial charge on any atom is 0.0674 e. The fourth-order valence-corrected chi connectivity index (χ4v) is 2.75. The van der Waals surface area contributed by atoms with Crippen LogP contribution in [0.3, 0.4) is 0 Å². The number of benzene rings is 1. The topological polar surface area (TPSA) is 29.9 Å². The van der Waals surface area contributed by atoms with Crippen LogP contribution in [-0.2, 0) is 19.4 Å². The smallest absolute Gasteiger partial charge is 0.0674 e. The first-order chi connectivity index (χ1) is 10.2. The fourth-order valence-electron chi connectivity index (χ4n) is 2.75. The second-order valence-corrected chi connectivity index (χ2v) is 5.51. The molecule has 0 bridgehead atoms. The summed E-state index contributed by atoms with van der Waals surface area (Å²) in [6.45, 7) is 10.7. The molecular weight excluding hydrogens is 258 g/mol. The van der Waals surface area contributed by atoms with Crippen molar-refractivity contribution >= 4 is 0 Å². The molecule has 0 atom stereocenters. The molecule has 1 N–H and O–H groups in total. The summed E-state index contributed by atoms with van der Waals surface area (Å²) in [5, 5.41) is 8.39. The van der Waals surface area contributed by atoms with Gasteiger partial charge < -0.3 is 5.32 Å². The molecule has 3 heteroatoms. The molecule has 0 aliphatic carbocycles. The molecule has 1 aromatic heterocycles. The van der Waals surface area contributed by atoms with Crippen LogP contribution in [0.15, 0.2) is 24.3 Å². The Kier molecular flexibility index (Phi) is 5.57. The molecule has 2 aromatic rings. The highest BCUT2D eigenvalue weighted by Gasteiger charge is 2.16. The lowest BCUT2D eigenvalue weighted by Crippen LogP contribution is -2.16. The van der Waals surface area contributed by atoms with Crippen molar-refractivity contribution in [2.75, 3.05) is 6.54 Å². The highest BCUT2D eigenvalue weighted by Crippen LogP contribution is 2.21. The number of nitrogens with one attached hydrogen (secondary N) is 1. The minimum absolute atomic E-state index is 0.923. The van der Waals surface area contributed by atoms with E-state index in [0.717, 1.165) is 32.4 Å². The van der Waals surface area contributed by atoms with Crippen LogP contribution in [0.5, 0.6) is 0 Å². The Morgan fingerprint density at radius 2 is 1.95 bits per heavy atom. The highest BCUT2D eigenvalue weighted by molar-refractivity contribution is 5.40. The summed E-state index contributed by atoms with van der Waals surface area (Å²) < 4.78 is 2.13. The van der Waals surface area contributed by atoms with E-state index in [1.54, 1.807) is 0 Å². The molecule has 1 heterocycles. The van der Waals surface area contributed by atoms with Crippen molar-refractivity contribution in [1.29, 1.82) is 0 Å². The Hall–Kier alpha value is -1.61. The zero-order valence-corrected chi connectivity index (χ0v) is 13.7. The van der Waals surface area contributed by atoms with Gasteiger partial charge >= 0.3 is 0 Å². The van der Waals surface area contributed by atoms with E-state index in [9.17, 15) is 0 Å². The van der Waals surface area contributed by atoms with Crippen LogP contribution >= 0.6 is 0 Å². The number of aromatic nitrogens is 2. The minimum Gasteiger partial charge on any atom is -0.313 e. The fraction of sp³-hybridized carbons (Fsp3) is 0.500. The largest absolute Gasteiger partial charge is 0.313 e. The van der Waals surface area contributed by atoms with E-state index in [2.05, 4.69) is 62.0 Å². The second-order valence-electron chi connectivity index (χ2n) is 5.51. The number of rotatable bonds is 7. The Morgan fingerprint density at radius 1 is 1.14 bits per heavy atom. The molecule has 0 aliphatic rings. The van der Waals surface area contributed by atoms with Crippen LogP contribution in [0, 0.1) is 6.92 Å². The SMILES string of the molecule is CCCNCc1c(CC)nn(-c2cccc(C)c2)c1CC. The third kappa shape index (κ3) is 3.53. The first kappa shape index (κ1) is 15.8.